The van der Waals surface area contributed by atoms with Gasteiger partial charge in [0.1, 0.15) is 0 Å². The number of hydrogen-bond donors (Lipinski definition) is 0. The van der Waals surface area contributed by atoms with Crippen LogP contribution in [0.2, 0.25) is 0 Å². The molecule has 0 saturated carbocycles. The van der Waals surface area contributed by atoms with Crippen LogP contribution in [0.4, 0.5) is 8.78 Å². The molecule has 0 unspecified atom stereocenters. The van der Waals surface area contributed by atoms with Crippen molar-refractivity contribution in [3.05, 3.63) is 29.3 Å². The van der Waals surface area contributed by atoms with Gasteiger partial charge in [-0.1, -0.05) is 0 Å². The van der Waals surface area contributed by atoms with Crippen molar-refractivity contribution in [1.82, 2.24) is 0 Å². The van der Waals surface area contributed by atoms with Crippen LogP contribution in [0.3, 0.4) is 0 Å². The molecule has 0 aliphatic carbocycles. The van der Waals surface area contributed by atoms with Crippen molar-refractivity contribution in [2.24, 2.45) is 0 Å². The molecule has 0 heterocycles. The predicted molar refractivity (Wildman–Crippen MR) is 48.9 cm³/mol. The second-order valence-electron chi connectivity index (χ2n) is 2.69. The van der Waals surface area contributed by atoms with Gasteiger partial charge in [-0.15, -0.1) is 0 Å². The average Bonchev–Trinajstić information content (AvgIpc) is 2.22. The van der Waals surface area contributed by atoms with E-state index < -0.39 is 17.6 Å². The zero-order chi connectivity index (χ0) is 11.4. The summed E-state index contributed by atoms with van der Waals surface area (Å²) < 4.78 is 35.2. The molecule has 82 valence electrons. The minimum absolute atomic E-state index is 0.0763. The lowest BCUT2D eigenvalue weighted by Crippen LogP contribution is -2.06. The Morgan fingerprint density at radius 1 is 1.40 bits per heavy atom. The number of halogens is 2. The molecule has 0 spiro atoms. The molecule has 0 radical (unpaired) electrons. The fourth-order valence-electron chi connectivity index (χ4n) is 1.04. The summed E-state index contributed by atoms with van der Waals surface area (Å²) in [5.41, 5.74) is -0.0763. The smallest absolute Gasteiger partial charge is 0.338 e. The third-order valence-corrected chi connectivity index (χ3v) is 1.73. The number of ether oxygens (including phenoxy) is 2. The van der Waals surface area contributed by atoms with Crippen molar-refractivity contribution in [3.63, 3.8) is 0 Å². The molecule has 0 atom stereocenters. The van der Waals surface area contributed by atoms with Gasteiger partial charge in [0.05, 0.1) is 19.3 Å². The summed E-state index contributed by atoms with van der Waals surface area (Å²) in [6.07, 6.45) is 0. The maximum Gasteiger partial charge on any atom is 0.338 e. The normalized spacial score (nSPS) is 9.87. The minimum atomic E-state index is -1.14. The van der Waals surface area contributed by atoms with Gasteiger partial charge in [-0.25, -0.2) is 9.18 Å². The van der Waals surface area contributed by atoms with E-state index in [4.69, 9.17) is 0 Å². The summed E-state index contributed by atoms with van der Waals surface area (Å²) in [5, 5.41) is 0. The van der Waals surface area contributed by atoms with Crippen LogP contribution in [0.1, 0.15) is 17.3 Å². The van der Waals surface area contributed by atoms with Crippen molar-refractivity contribution in [2.75, 3.05) is 13.7 Å². The standard InChI is InChI=1S/C10H10F2O3/c1-3-15-10(13)6-4-7(11)9(12)8(5-6)14-2/h4-5H,3H2,1-2H3. The van der Waals surface area contributed by atoms with E-state index in [1.807, 2.05) is 0 Å². The second-order valence-corrected chi connectivity index (χ2v) is 2.69. The van der Waals surface area contributed by atoms with Gasteiger partial charge in [0.25, 0.3) is 0 Å². The first-order chi connectivity index (χ1) is 7.10. The molecule has 5 heteroatoms. The highest BCUT2D eigenvalue weighted by Gasteiger charge is 2.15. The summed E-state index contributed by atoms with van der Waals surface area (Å²) in [6, 6.07) is 1.87. The van der Waals surface area contributed by atoms with Gasteiger partial charge in [-0.05, 0) is 19.1 Å². The summed E-state index contributed by atoms with van der Waals surface area (Å²) >= 11 is 0. The first kappa shape index (κ1) is 11.4. The van der Waals surface area contributed by atoms with Crippen molar-refractivity contribution < 1.29 is 23.0 Å². The molecule has 0 fully saturated rings. The van der Waals surface area contributed by atoms with E-state index in [9.17, 15) is 13.6 Å². The molecule has 1 rings (SSSR count). The highest BCUT2D eigenvalue weighted by atomic mass is 19.2. The number of rotatable bonds is 3. The number of methoxy groups -OCH3 is 1. The molecule has 0 amide bonds. The van der Waals surface area contributed by atoms with E-state index in [0.717, 1.165) is 12.1 Å². The van der Waals surface area contributed by atoms with Gasteiger partial charge in [0.15, 0.2) is 11.6 Å². The Balaban J connectivity index is 3.10. The second kappa shape index (κ2) is 4.72. The number of hydrogen-bond acceptors (Lipinski definition) is 3. The molecule has 0 saturated heterocycles. The third kappa shape index (κ3) is 2.43. The van der Waals surface area contributed by atoms with E-state index in [1.165, 1.54) is 7.11 Å². The van der Waals surface area contributed by atoms with Crippen molar-refractivity contribution in [2.45, 2.75) is 6.92 Å². The zero-order valence-electron chi connectivity index (χ0n) is 8.34. The molecular weight excluding hydrogens is 206 g/mol. The monoisotopic (exact) mass is 216 g/mol. The number of benzene rings is 1. The molecule has 0 N–H and O–H groups in total. The van der Waals surface area contributed by atoms with Crippen LogP contribution in [0.15, 0.2) is 12.1 Å². The number of carbonyl (C=O) groups is 1. The molecule has 0 aliphatic heterocycles. The van der Waals surface area contributed by atoms with Gasteiger partial charge in [0.2, 0.25) is 5.82 Å². The van der Waals surface area contributed by atoms with E-state index >= 15 is 0 Å². The highest BCUT2D eigenvalue weighted by Crippen LogP contribution is 2.22. The third-order valence-electron chi connectivity index (χ3n) is 1.73. The zero-order valence-corrected chi connectivity index (χ0v) is 8.34. The predicted octanol–water partition coefficient (Wildman–Crippen LogP) is 2.15. The molecular formula is C10H10F2O3. The summed E-state index contributed by atoms with van der Waals surface area (Å²) in [4.78, 5) is 11.2. The van der Waals surface area contributed by atoms with Gasteiger partial charge in [-0.3, -0.25) is 0 Å². The summed E-state index contributed by atoms with van der Waals surface area (Å²) in [7, 11) is 1.19. The maximum absolute atomic E-state index is 13.0. The Morgan fingerprint density at radius 2 is 2.07 bits per heavy atom. The summed E-state index contributed by atoms with van der Waals surface area (Å²) in [6.45, 7) is 1.79. The Hall–Kier alpha value is -1.65. The first-order valence-corrected chi connectivity index (χ1v) is 4.30. The topological polar surface area (TPSA) is 35.5 Å². The van der Waals surface area contributed by atoms with Gasteiger partial charge in [0, 0.05) is 0 Å². The van der Waals surface area contributed by atoms with Crippen LogP contribution in [-0.4, -0.2) is 19.7 Å². The molecule has 1 aromatic rings. The van der Waals surface area contributed by atoms with Crippen LogP contribution in [0.25, 0.3) is 0 Å². The average molecular weight is 216 g/mol. The minimum Gasteiger partial charge on any atom is -0.494 e. The number of esters is 1. The Morgan fingerprint density at radius 3 is 2.60 bits per heavy atom. The first-order valence-electron chi connectivity index (χ1n) is 4.30. The quantitative estimate of drug-likeness (QED) is 0.726. The van der Waals surface area contributed by atoms with E-state index in [-0.39, 0.29) is 17.9 Å². The van der Waals surface area contributed by atoms with Gasteiger partial charge >= 0.3 is 5.97 Å². The lowest BCUT2D eigenvalue weighted by molar-refractivity contribution is 0.0525. The summed E-state index contributed by atoms with van der Waals surface area (Å²) in [5.74, 6) is -3.30. The molecule has 3 nitrogen and oxygen atoms in total. The molecule has 0 aliphatic rings. The fourth-order valence-corrected chi connectivity index (χ4v) is 1.04. The Kier molecular flexibility index (Phi) is 3.60. The van der Waals surface area contributed by atoms with Crippen molar-refractivity contribution >= 4 is 5.97 Å². The Bertz CT molecular complexity index is 377. The maximum atomic E-state index is 13.0. The number of carbonyl (C=O) groups excluding carboxylic acids is 1. The van der Waals surface area contributed by atoms with E-state index in [1.54, 1.807) is 6.92 Å². The molecule has 15 heavy (non-hydrogen) atoms. The van der Waals surface area contributed by atoms with E-state index in [2.05, 4.69) is 9.47 Å². The fraction of sp³-hybridized carbons (Fsp3) is 0.300. The lowest BCUT2D eigenvalue weighted by atomic mass is 10.2. The largest absolute Gasteiger partial charge is 0.494 e. The molecule has 0 aromatic heterocycles. The van der Waals surface area contributed by atoms with Crippen LogP contribution < -0.4 is 4.74 Å². The van der Waals surface area contributed by atoms with Crippen LogP contribution in [-0.2, 0) is 4.74 Å². The van der Waals surface area contributed by atoms with Crippen LogP contribution in [0.5, 0.6) is 5.75 Å². The Labute approximate surface area is 85.6 Å². The van der Waals surface area contributed by atoms with Gasteiger partial charge < -0.3 is 9.47 Å². The van der Waals surface area contributed by atoms with Crippen LogP contribution in [0, 0.1) is 11.6 Å². The van der Waals surface area contributed by atoms with E-state index in [0.29, 0.717) is 0 Å². The van der Waals surface area contributed by atoms with Crippen LogP contribution >= 0.6 is 0 Å². The van der Waals surface area contributed by atoms with Crippen molar-refractivity contribution in [3.8, 4) is 5.75 Å². The van der Waals surface area contributed by atoms with Gasteiger partial charge in [-0.2, -0.15) is 4.39 Å². The molecule has 0 bridgehead atoms. The molecule has 1 aromatic carbocycles. The van der Waals surface area contributed by atoms with Crippen molar-refractivity contribution in [1.29, 1.82) is 0 Å². The lowest BCUT2D eigenvalue weighted by Gasteiger charge is -2.06. The highest BCUT2D eigenvalue weighted by molar-refractivity contribution is 5.89. The SMILES string of the molecule is CCOC(=O)c1cc(F)c(F)c(OC)c1.